The van der Waals surface area contributed by atoms with Gasteiger partial charge in [0.2, 0.25) is 0 Å². The van der Waals surface area contributed by atoms with Gasteiger partial charge < -0.3 is 10.5 Å². The average Bonchev–Trinajstić information content (AvgIpc) is 2.61. The number of hydrogen-bond acceptors (Lipinski definition) is 4. The maximum atomic E-state index is 12.6. The van der Waals surface area contributed by atoms with E-state index in [0.717, 1.165) is 0 Å². The van der Waals surface area contributed by atoms with Gasteiger partial charge in [0.05, 0.1) is 0 Å². The molecular weight excluding hydrogens is 206 g/mol. The van der Waals surface area contributed by atoms with Crippen LogP contribution in [0.2, 0.25) is 0 Å². The van der Waals surface area contributed by atoms with Gasteiger partial charge in [-0.2, -0.15) is 0 Å². The Labute approximate surface area is 86.2 Å². The Kier molecular flexibility index (Phi) is 4.57. The molecule has 0 fully saturated rings. The zero-order valence-corrected chi connectivity index (χ0v) is 8.49. The van der Waals surface area contributed by atoms with Crippen molar-refractivity contribution in [3.05, 3.63) is 11.4 Å². The third kappa shape index (κ3) is 2.93. The fraction of sp³-hybridized carbons (Fsp3) is 0.750. The molecule has 0 radical (unpaired) electrons. The summed E-state index contributed by atoms with van der Waals surface area (Å²) in [7, 11) is 1.56. The van der Waals surface area contributed by atoms with Crippen molar-refractivity contribution in [1.29, 1.82) is 0 Å². The largest absolute Gasteiger partial charge is 0.385 e. The van der Waals surface area contributed by atoms with E-state index in [9.17, 15) is 8.78 Å². The van der Waals surface area contributed by atoms with Crippen LogP contribution in [0.15, 0.2) is 0 Å². The Morgan fingerprint density at radius 1 is 1.53 bits per heavy atom. The molecule has 0 unspecified atom stereocenters. The fourth-order valence-corrected chi connectivity index (χ4v) is 1.26. The highest BCUT2D eigenvalue weighted by Crippen LogP contribution is 2.21. The third-order valence-electron chi connectivity index (χ3n) is 1.97. The first-order valence-corrected chi connectivity index (χ1v) is 4.60. The molecule has 1 aromatic rings. The molecule has 86 valence electrons. The highest BCUT2D eigenvalue weighted by Gasteiger charge is 2.20. The Bertz CT molecular complexity index is 303. The van der Waals surface area contributed by atoms with Crippen LogP contribution in [0.25, 0.3) is 0 Å². The first-order chi connectivity index (χ1) is 7.20. The van der Waals surface area contributed by atoms with Crippen LogP contribution >= 0.6 is 0 Å². The van der Waals surface area contributed by atoms with Crippen LogP contribution in [0, 0.1) is 0 Å². The topological polar surface area (TPSA) is 66.0 Å². The summed E-state index contributed by atoms with van der Waals surface area (Å²) in [5, 5.41) is 7.23. The predicted molar refractivity (Wildman–Crippen MR) is 49.4 cm³/mol. The normalized spacial score (nSPS) is 11.3. The van der Waals surface area contributed by atoms with Crippen molar-refractivity contribution in [2.24, 2.45) is 5.73 Å². The summed E-state index contributed by atoms with van der Waals surface area (Å²) in [6, 6.07) is 0. The Balaban J connectivity index is 2.73. The molecule has 1 aromatic heterocycles. The van der Waals surface area contributed by atoms with Crippen LogP contribution < -0.4 is 5.73 Å². The van der Waals surface area contributed by atoms with Gasteiger partial charge in [-0.25, -0.2) is 13.5 Å². The molecule has 0 saturated carbocycles. The number of rotatable bonds is 6. The molecule has 1 heterocycles. The van der Waals surface area contributed by atoms with Gasteiger partial charge in [-0.3, -0.25) is 0 Å². The van der Waals surface area contributed by atoms with Crippen LogP contribution in [-0.4, -0.2) is 28.7 Å². The number of alkyl halides is 2. The number of hydrogen-bond donors (Lipinski definition) is 1. The summed E-state index contributed by atoms with van der Waals surface area (Å²) in [6.07, 6.45) is -1.98. The number of aromatic nitrogens is 3. The molecule has 0 aliphatic carbocycles. The summed E-state index contributed by atoms with van der Waals surface area (Å²) in [4.78, 5) is 0. The van der Waals surface area contributed by atoms with Gasteiger partial charge in [0.1, 0.15) is 11.4 Å². The lowest BCUT2D eigenvalue weighted by atomic mass is 10.3. The highest BCUT2D eigenvalue weighted by molar-refractivity contribution is 5.11. The van der Waals surface area contributed by atoms with Crippen LogP contribution in [0.1, 0.15) is 24.2 Å². The van der Waals surface area contributed by atoms with Crippen molar-refractivity contribution < 1.29 is 13.5 Å². The molecule has 0 amide bonds. The summed E-state index contributed by atoms with van der Waals surface area (Å²) < 4.78 is 31.3. The van der Waals surface area contributed by atoms with Gasteiger partial charge >= 0.3 is 0 Å². The molecule has 0 bridgehead atoms. The number of methoxy groups -OCH3 is 1. The Morgan fingerprint density at radius 3 is 2.80 bits per heavy atom. The molecule has 0 spiro atoms. The number of ether oxygens (including phenoxy) is 1. The third-order valence-corrected chi connectivity index (χ3v) is 1.97. The maximum absolute atomic E-state index is 12.6. The van der Waals surface area contributed by atoms with Gasteiger partial charge in [0.15, 0.2) is 0 Å². The van der Waals surface area contributed by atoms with Gasteiger partial charge in [-0.05, 0) is 6.42 Å². The summed E-state index contributed by atoms with van der Waals surface area (Å²) in [6.45, 7) is 0.838. The highest BCUT2D eigenvalue weighted by atomic mass is 19.3. The molecule has 7 heteroatoms. The zero-order chi connectivity index (χ0) is 11.3. The molecule has 15 heavy (non-hydrogen) atoms. The second-order valence-corrected chi connectivity index (χ2v) is 3.00. The second-order valence-electron chi connectivity index (χ2n) is 3.00. The molecule has 1 rings (SSSR count). The zero-order valence-electron chi connectivity index (χ0n) is 8.49. The summed E-state index contributed by atoms with van der Waals surface area (Å²) >= 11 is 0. The van der Waals surface area contributed by atoms with Crippen molar-refractivity contribution >= 4 is 0 Å². The predicted octanol–water partition coefficient (Wildman–Crippen LogP) is 0.711. The van der Waals surface area contributed by atoms with Gasteiger partial charge in [0, 0.05) is 26.8 Å². The van der Waals surface area contributed by atoms with Crippen molar-refractivity contribution in [1.82, 2.24) is 15.0 Å². The van der Waals surface area contributed by atoms with Crippen LogP contribution in [0.5, 0.6) is 0 Å². The van der Waals surface area contributed by atoms with E-state index in [1.807, 2.05) is 0 Å². The lowest BCUT2D eigenvalue weighted by Crippen LogP contribution is -2.09. The quantitative estimate of drug-likeness (QED) is 0.717. The van der Waals surface area contributed by atoms with Crippen molar-refractivity contribution in [2.45, 2.75) is 25.9 Å². The Morgan fingerprint density at radius 2 is 2.27 bits per heavy atom. The van der Waals surface area contributed by atoms with E-state index in [1.165, 1.54) is 4.68 Å². The summed E-state index contributed by atoms with van der Waals surface area (Å²) in [5.41, 5.74) is 5.25. The minimum absolute atomic E-state index is 0.0239. The first kappa shape index (κ1) is 12.0. The van der Waals surface area contributed by atoms with Crippen LogP contribution in [-0.2, 0) is 17.8 Å². The van der Waals surface area contributed by atoms with Gasteiger partial charge in [0.25, 0.3) is 6.43 Å². The number of nitrogens with two attached hydrogens (primary N) is 1. The molecule has 5 nitrogen and oxygen atoms in total. The van der Waals surface area contributed by atoms with E-state index < -0.39 is 6.43 Å². The molecular formula is C8H14F2N4O. The second kappa shape index (κ2) is 5.72. The SMILES string of the molecule is COCCCn1nnc(CN)c1C(F)F. The lowest BCUT2D eigenvalue weighted by molar-refractivity contribution is 0.135. The molecule has 0 aromatic carbocycles. The van der Waals surface area contributed by atoms with Crippen LogP contribution in [0.4, 0.5) is 8.78 Å². The van der Waals surface area contributed by atoms with Crippen molar-refractivity contribution in [3.63, 3.8) is 0 Å². The van der Waals surface area contributed by atoms with E-state index >= 15 is 0 Å². The smallest absolute Gasteiger partial charge is 0.281 e. The maximum Gasteiger partial charge on any atom is 0.281 e. The summed E-state index contributed by atoms with van der Waals surface area (Å²) in [5.74, 6) is 0. The van der Waals surface area contributed by atoms with Crippen molar-refractivity contribution in [3.8, 4) is 0 Å². The average molecular weight is 220 g/mol. The minimum Gasteiger partial charge on any atom is -0.385 e. The van der Waals surface area contributed by atoms with E-state index in [-0.39, 0.29) is 17.9 Å². The van der Waals surface area contributed by atoms with E-state index in [2.05, 4.69) is 10.3 Å². The molecule has 2 N–H and O–H groups in total. The lowest BCUT2D eigenvalue weighted by Gasteiger charge is -2.05. The molecule has 0 aliphatic rings. The first-order valence-electron chi connectivity index (χ1n) is 4.60. The van der Waals surface area contributed by atoms with E-state index in [1.54, 1.807) is 7.11 Å². The standard InChI is InChI=1S/C8H14F2N4O/c1-15-4-2-3-14-7(8(9)10)6(5-11)12-13-14/h8H,2-5,11H2,1H3. The Hall–Kier alpha value is -1.08. The number of halogens is 2. The molecule has 0 saturated heterocycles. The van der Waals surface area contributed by atoms with E-state index in [0.29, 0.717) is 19.6 Å². The fourth-order valence-electron chi connectivity index (χ4n) is 1.26. The molecule has 0 aliphatic heterocycles. The van der Waals surface area contributed by atoms with Crippen molar-refractivity contribution in [2.75, 3.05) is 13.7 Å². The van der Waals surface area contributed by atoms with Gasteiger partial charge in [-0.15, -0.1) is 5.10 Å². The number of aryl methyl sites for hydroxylation is 1. The minimum atomic E-state index is -2.60. The van der Waals surface area contributed by atoms with Crippen LogP contribution in [0.3, 0.4) is 0 Å². The molecule has 0 atom stereocenters. The van der Waals surface area contributed by atoms with E-state index in [4.69, 9.17) is 10.5 Å². The monoisotopic (exact) mass is 220 g/mol. The van der Waals surface area contributed by atoms with Gasteiger partial charge in [-0.1, -0.05) is 5.21 Å². The number of nitrogens with zero attached hydrogens (tertiary/aromatic N) is 3.